The van der Waals surface area contributed by atoms with Crippen molar-refractivity contribution in [3.8, 4) is 11.9 Å². The van der Waals surface area contributed by atoms with Crippen LogP contribution in [-0.2, 0) is 6.42 Å². The Morgan fingerprint density at radius 2 is 2.24 bits per heavy atom. The van der Waals surface area contributed by atoms with E-state index >= 15 is 0 Å². The van der Waals surface area contributed by atoms with E-state index in [0.29, 0.717) is 12.2 Å². The van der Waals surface area contributed by atoms with Crippen LogP contribution in [0.4, 0.5) is 13.2 Å². The lowest BCUT2D eigenvalue weighted by Gasteiger charge is -2.08. The Morgan fingerprint density at radius 3 is 2.81 bits per heavy atom. The summed E-state index contributed by atoms with van der Waals surface area (Å²) in [5, 5.41) is 9.05. The molecule has 0 unspecified atom stereocenters. The van der Waals surface area contributed by atoms with Crippen LogP contribution in [0.2, 0.25) is 0 Å². The first-order valence-electron chi connectivity index (χ1n) is 6.16. The van der Waals surface area contributed by atoms with Crippen molar-refractivity contribution in [3.63, 3.8) is 0 Å². The number of hydrogen-bond donors (Lipinski definition) is 1. The van der Waals surface area contributed by atoms with Crippen molar-refractivity contribution in [1.29, 1.82) is 5.26 Å². The van der Waals surface area contributed by atoms with E-state index in [4.69, 9.17) is 5.26 Å². The molecule has 2 aromatic rings. The molecule has 0 atom stereocenters. The molecule has 0 fully saturated rings. The smallest absolute Gasteiger partial charge is 0.332 e. The fourth-order valence-electron chi connectivity index (χ4n) is 1.92. The highest BCUT2D eigenvalue weighted by atomic mass is 19.4. The van der Waals surface area contributed by atoms with Gasteiger partial charge in [-0.05, 0) is 18.6 Å². The Morgan fingerprint density at radius 1 is 1.52 bits per heavy atom. The number of H-pyrrole nitrogens is 1. The predicted molar refractivity (Wildman–Crippen MR) is 67.0 cm³/mol. The number of nitrogens with one attached hydrogen (secondary N) is 1. The second-order valence-electron chi connectivity index (χ2n) is 4.33. The summed E-state index contributed by atoms with van der Waals surface area (Å²) in [6, 6.07) is 4.18. The second kappa shape index (κ2) is 5.44. The summed E-state index contributed by atoms with van der Waals surface area (Å²) in [6.45, 7) is 1.91. The third-order valence-corrected chi connectivity index (χ3v) is 2.80. The molecule has 5 nitrogen and oxygen atoms in total. The van der Waals surface area contributed by atoms with Crippen molar-refractivity contribution < 1.29 is 18.0 Å². The lowest BCUT2D eigenvalue weighted by atomic mass is 10.2. The number of alkyl halides is 3. The molecule has 21 heavy (non-hydrogen) atoms. The number of carbonyl (C=O) groups excluding carboxylic acids is 1. The minimum atomic E-state index is -4.98. The minimum absolute atomic E-state index is 0.00134. The van der Waals surface area contributed by atoms with Gasteiger partial charge in [-0.1, -0.05) is 6.92 Å². The molecule has 0 saturated carbocycles. The summed E-state index contributed by atoms with van der Waals surface area (Å²) < 4.78 is 38.7. The Bertz CT molecular complexity index is 706. The third-order valence-electron chi connectivity index (χ3n) is 2.80. The summed E-state index contributed by atoms with van der Waals surface area (Å²) in [7, 11) is 0. The number of aromatic amines is 1. The highest BCUT2D eigenvalue weighted by molar-refractivity contribution is 5.99. The maximum Gasteiger partial charge on any atom is 0.456 e. The zero-order valence-electron chi connectivity index (χ0n) is 11.0. The van der Waals surface area contributed by atoms with Gasteiger partial charge in [-0.15, -0.1) is 0 Å². The number of nitrogens with zero attached hydrogens (tertiary/aromatic N) is 3. The van der Waals surface area contributed by atoms with Gasteiger partial charge < -0.3 is 4.98 Å². The summed E-state index contributed by atoms with van der Waals surface area (Å²) in [5.41, 5.74) is -0.556. The summed E-state index contributed by atoms with van der Waals surface area (Å²) >= 11 is 0. The SMILES string of the molecule is CCCc1nc(-n2cccc2C(=O)C(F)(F)F)c(C#N)[nH]1. The molecule has 2 heterocycles. The van der Waals surface area contributed by atoms with Crippen LogP contribution in [-0.4, -0.2) is 26.5 Å². The molecule has 0 aliphatic rings. The monoisotopic (exact) mass is 296 g/mol. The number of rotatable bonds is 4. The first kappa shape index (κ1) is 14.8. The van der Waals surface area contributed by atoms with Crippen LogP contribution in [0.3, 0.4) is 0 Å². The first-order valence-corrected chi connectivity index (χ1v) is 6.16. The second-order valence-corrected chi connectivity index (χ2v) is 4.33. The Kier molecular flexibility index (Phi) is 3.84. The molecule has 0 bridgehead atoms. The van der Waals surface area contributed by atoms with Gasteiger partial charge in [0.25, 0.3) is 5.78 Å². The zero-order chi connectivity index (χ0) is 15.6. The van der Waals surface area contributed by atoms with Crippen LogP contribution in [0.1, 0.15) is 35.4 Å². The van der Waals surface area contributed by atoms with Gasteiger partial charge in [0, 0.05) is 12.6 Å². The van der Waals surface area contributed by atoms with Crippen molar-refractivity contribution in [2.45, 2.75) is 25.9 Å². The molecule has 2 aromatic heterocycles. The standard InChI is InChI=1S/C13H11F3N4O/c1-2-4-10-18-8(7-17)12(19-10)20-6-3-5-9(20)11(21)13(14,15)16/h3,5-6H,2,4H2,1H3,(H,18,19). The molecule has 8 heteroatoms. The molecule has 0 aliphatic heterocycles. The lowest BCUT2D eigenvalue weighted by molar-refractivity contribution is -0.0889. The van der Waals surface area contributed by atoms with Gasteiger partial charge in [-0.2, -0.15) is 18.4 Å². The number of nitriles is 1. The van der Waals surface area contributed by atoms with Crippen molar-refractivity contribution in [3.05, 3.63) is 35.5 Å². The summed E-state index contributed by atoms with van der Waals surface area (Å²) in [4.78, 5) is 18.2. The van der Waals surface area contributed by atoms with Crippen LogP contribution in [0.15, 0.2) is 18.3 Å². The highest BCUT2D eigenvalue weighted by Crippen LogP contribution is 2.24. The van der Waals surface area contributed by atoms with Crippen molar-refractivity contribution in [2.24, 2.45) is 0 Å². The van der Waals surface area contributed by atoms with Crippen molar-refractivity contribution in [1.82, 2.24) is 14.5 Å². The van der Waals surface area contributed by atoms with Crippen LogP contribution in [0.25, 0.3) is 5.82 Å². The van der Waals surface area contributed by atoms with Gasteiger partial charge >= 0.3 is 6.18 Å². The third kappa shape index (κ3) is 2.81. The number of aromatic nitrogens is 3. The Hall–Kier alpha value is -2.56. The maximum atomic E-state index is 12.6. The normalized spacial score (nSPS) is 11.4. The van der Waals surface area contributed by atoms with Crippen molar-refractivity contribution in [2.75, 3.05) is 0 Å². The van der Waals surface area contributed by atoms with E-state index in [0.717, 1.165) is 17.1 Å². The number of ketones is 1. The molecule has 0 spiro atoms. The summed E-state index contributed by atoms with van der Waals surface area (Å²) in [5.74, 6) is -1.49. The van der Waals surface area contributed by atoms with Gasteiger partial charge in [0.05, 0.1) is 5.69 Å². The van der Waals surface area contributed by atoms with Crippen molar-refractivity contribution >= 4 is 5.78 Å². The molecular formula is C13H11F3N4O. The Labute approximate surface area is 118 Å². The average molecular weight is 296 g/mol. The van der Waals surface area contributed by atoms with E-state index in [1.54, 1.807) is 0 Å². The number of carbonyl (C=O) groups is 1. The van der Waals surface area contributed by atoms with Gasteiger partial charge in [0.1, 0.15) is 11.9 Å². The molecule has 110 valence electrons. The van der Waals surface area contributed by atoms with Gasteiger partial charge in [-0.25, -0.2) is 4.98 Å². The van der Waals surface area contributed by atoms with E-state index in [1.807, 2.05) is 13.0 Å². The molecule has 0 amide bonds. The average Bonchev–Trinajstić information content (AvgIpc) is 3.02. The number of aryl methyl sites for hydroxylation is 1. The minimum Gasteiger partial charge on any atom is -0.332 e. The fourth-order valence-corrected chi connectivity index (χ4v) is 1.92. The maximum absolute atomic E-state index is 12.6. The molecule has 1 N–H and O–H groups in total. The van der Waals surface area contributed by atoms with E-state index in [1.165, 1.54) is 12.3 Å². The zero-order valence-corrected chi connectivity index (χ0v) is 11.0. The summed E-state index contributed by atoms with van der Waals surface area (Å²) in [6.07, 6.45) is -2.40. The molecule has 2 rings (SSSR count). The van der Waals surface area contributed by atoms with E-state index in [9.17, 15) is 18.0 Å². The number of Topliss-reactive ketones (excluding diaryl/α,β-unsaturated/α-hetero) is 1. The molecule has 0 aliphatic carbocycles. The largest absolute Gasteiger partial charge is 0.456 e. The number of imidazole rings is 1. The van der Waals surface area contributed by atoms with Crippen LogP contribution in [0, 0.1) is 11.3 Å². The predicted octanol–water partition coefficient (Wildman–Crippen LogP) is 2.77. The van der Waals surface area contributed by atoms with Crippen LogP contribution >= 0.6 is 0 Å². The molecule has 0 radical (unpaired) electrons. The van der Waals surface area contributed by atoms with E-state index < -0.39 is 17.7 Å². The topological polar surface area (TPSA) is 74.5 Å². The quantitative estimate of drug-likeness (QED) is 0.881. The van der Waals surface area contributed by atoms with Crippen LogP contribution < -0.4 is 0 Å². The van der Waals surface area contributed by atoms with Crippen LogP contribution in [0.5, 0.6) is 0 Å². The fraction of sp³-hybridized carbons (Fsp3) is 0.308. The molecule has 0 saturated heterocycles. The number of hydrogen-bond acceptors (Lipinski definition) is 3. The Balaban J connectivity index is 2.52. The molecule has 0 aromatic carbocycles. The highest BCUT2D eigenvalue weighted by Gasteiger charge is 2.41. The van der Waals surface area contributed by atoms with Gasteiger partial charge in [0.15, 0.2) is 11.5 Å². The number of halogens is 3. The van der Waals surface area contributed by atoms with E-state index in [2.05, 4.69) is 9.97 Å². The molecular weight excluding hydrogens is 285 g/mol. The first-order chi connectivity index (χ1) is 9.88. The van der Waals surface area contributed by atoms with Gasteiger partial charge in [-0.3, -0.25) is 9.36 Å². The van der Waals surface area contributed by atoms with E-state index in [-0.39, 0.29) is 11.5 Å². The lowest BCUT2D eigenvalue weighted by Crippen LogP contribution is -2.25. The van der Waals surface area contributed by atoms with Gasteiger partial charge in [0.2, 0.25) is 0 Å².